The lowest BCUT2D eigenvalue weighted by Crippen LogP contribution is -2.15. The normalized spacial score (nSPS) is 10.6. The summed E-state index contributed by atoms with van der Waals surface area (Å²) in [5.41, 5.74) is 2.73. The summed E-state index contributed by atoms with van der Waals surface area (Å²) < 4.78 is 5.52. The Hall–Kier alpha value is -2.75. The second-order valence-corrected chi connectivity index (χ2v) is 5.01. The van der Waals surface area contributed by atoms with Gasteiger partial charge in [-0.05, 0) is 30.7 Å². The zero-order chi connectivity index (χ0) is 15.4. The predicted molar refractivity (Wildman–Crippen MR) is 88.2 cm³/mol. The highest BCUT2D eigenvalue weighted by Gasteiger charge is 2.11. The molecule has 4 nitrogen and oxygen atoms in total. The van der Waals surface area contributed by atoms with E-state index >= 15 is 0 Å². The molecule has 0 atom stereocenters. The molecule has 0 saturated heterocycles. The van der Waals surface area contributed by atoms with Gasteiger partial charge in [0.2, 0.25) is 5.91 Å². The summed E-state index contributed by atoms with van der Waals surface area (Å²) in [4.78, 5) is 15.5. The lowest BCUT2D eigenvalue weighted by atomic mass is 10.1. The van der Waals surface area contributed by atoms with E-state index in [1.807, 2.05) is 61.7 Å². The SMILES string of the molecule is CCOc1ccccc1NC(=O)Cc1c[nH]c2ccccc12. The molecule has 0 unspecified atom stereocenters. The van der Waals surface area contributed by atoms with E-state index in [1.165, 1.54) is 0 Å². The van der Waals surface area contributed by atoms with Gasteiger partial charge < -0.3 is 15.0 Å². The maximum Gasteiger partial charge on any atom is 0.228 e. The lowest BCUT2D eigenvalue weighted by molar-refractivity contribution is -0.115. The van der Waals surface area contributed by atoms with Crippen LogP contribution in [0.1, 0.15) is 12.5 Å². The van der Waals surface area contributed by atoms with E-state index < -0.39 is 0 Å². The van der Waals surface area contributed by atoms with E-state index in [0.29, 0.717) is 24.5 Å². The first kappa shape index (κ1) is 14.2. The van der Waals surface area contributed by atoms with Gasteiger partial charge in [-0.15, -0.1) is 0 Å². The molecule has 2 N–H and O–H groups in total. The van der Waals surface area contributed by atoms with Crippen LogP contribution in [-0.4, -0.2) is 17.5 Å². The van der Waals surface area contributed by atoms with Crippen LogP contribution in [0.5, 0.6) is 5.75 Å². The van der Waals surface area contributed by atoms with Gasteiger partial charge in [-0.1, -0.05) is 30.3 Å². The molecular formula is C18H18N2O2. The lowest BCUT2D eigenvalue weighted by Gasteiger charge is -2.11. The molecule has 0 aliphatic rings. The van der Waals surface area contributed by atoms with Gasteiger partial charge in [-0.3, -0.25) is 4.79 Å². The van der Waals surface area contributed by atoms with Crippen molar-refractivity contribution < 1.29 is 9.53 Å². The summed E-state index contributed by atoms with van der Waals surface area (Å²) in [5.74, 6) is 0.634. The van der Waals surface area contributed by atoms with E-state index in [0.717, 1.165) is 16.5 Å². The minimum atomic E-state index is -0.0584. The number of aromatic amines is 1. The third-order valence-corrected chi connectivity index (χ3v) is 3.49. The van der Waals surface area contributed by atoms with Crippen molar-refractivity contribution in [3.8, 4) is 5.75 Å². The van der Waals surface area contributed by atoms with Crippen LogP contribution in [0.25, 0.3) is 10.9 Å². The Kier molecular flexibility index (Phi) is 4.10. The highest BCUT2D eigenvalue weighted by molar-refractivity contribution is 5.96. The van der Waals surface area contributed by atoms with Crippen LogP contribution < -0.4 is 10.1 Å². The summed E-state index contributed by atoms with van der Waals surface area (Å²) in [6, 6.07) is 15.4. The first-order chi connectivity index (χ1) is 10.8. The Morgan fingerprint density at radius 1 is 1.14 bits per heavy atom. The summed E-state index contributed by atoms with van der Waals surface area (Å²) in [6.45, 7) is 2.49. The van der Waals surface area contributed by atoms with Crippen LogP contribution >= 0.6 is 0 Å². The van der Waals surface area contributed by atoms with Crippen LogP contribution in [0.3, 0.4) is 0 Å². The molecule has 1 heterocycles. The van der Waals surface area contributed by atoms with Gasteiger partial charge in [-0.2, -0.15) is 0 Å². The van der Waals surface area contributed by atoms with Crippen molar-refractivity contribution in [2.45, 2.75) is 13.3 Å². The van der Waals surface area contributed by atoms with Crippen molar-refractivity contribution in [3.05, 3.63) is 60.3 Å². The number of hydrogen-bond donors (Lipinski definition) is 2. The Labute approximate surface area is 129 Å². The average molecular weight is 294 g/mol. The number of carbonyl (C=O) groups excluding carboxylic acids is 1. The van der Waals surface area contributed by atoms with Crippen LogP contribution in [0.4, 0.5) is 5.69 Å². The largest absolute Gasteiger partial charge is 0.492 e. The number of amides is 1. The highest BCUT2D eigenvalue weighted by atomic mass is 16.5. The quantitative estimate of drug-likeness (QED) is 0.753. The number of rotatable bonds is 5. The van der Waals surface area contributed by atoms with Crippen molar-refractivity contribution in [2.24, 2.45) is 0 Å². The molecule has 0 aliphatic carbocycles. The first-order valence-electron chi connectivity index (χ1n) is 7.34. The minimum absolute atomic E-state index is 0.0584. The Balaban J connectivity index is 1.75. The van der Waals surface area contributed by atoms with Crippen molar-refractivity contribution in [1.82, 2.24) is 4.98 Å². The molecule has 1 amide bonds. The average Bonchev–Trinajstić information content (AvgIpc) is 2.93. The fourth-order valence-corrected chi connectivity index (χ4v) is 2.50. The summed E-state index contributed by atoms with van der Waals surface area (Å²) in [7, 11) is 0. The van der Waals surface area contributed by atoms with Crippen LogP contribution in [-0.2, 0) is 11.2 Å². The van der Waals surface area contributed by atoms with E-state index in [4.69, 9.17) is 4.74 Å². The summed E-state index contributed by atoms with van der Waals surface area (Å²) >= 11 is 0. The molecule has 0 spiro atoms. The number of aromatic nitrogens is 1. The van der Waals surface area contributed by atoms with Gasteiger partial charge in [0, 0.05) is 17.1 Å². The molecule has 4 heteroatoms. The van der Waals surface area contributed by atoms with Gasteiger partial charge in [0.05, 0.1) is 18.7 Å². The number of ether oxygens (including phenoxy) is 1. The van der Waals surface area contributed by atoms with E-state index in [-0.39, 0.29) is 5.91 Å². The van der Waals surface area contributed by atoms with Crippen molar-refractivity contribution in [1.29, 1.82) is 0 Å². The fourth-order valence-electron chi connectivity index (χ4n) is 2.50. The van der Waals surface area contributed by atoms with Crippen LogP contribution in [0.15, 0.2) is 54.7 Å². The number of fused-ring (bicyclic) bond motifs is 1. The first-order valence-corrected chi connectivity index (χ1v) is 7.34. The number of benzene rings is 2. The topological polar surface area (TPSA) is 54.1 Å². The molecule has 2 aromatic carbocycles. The zero-order valence-corrected chi connectivity index (χ0v) is 12.4. The van der Waals surface area contributed by atoms with E-state index in [1.54, 1.807) is 0 Å². The molecule has 3 rings (SSSR count). The second kappa shape index (κ2) is 6.35. The monoisotopic (exact) mass is 294 g/mol. The third kappa shape index (κ3) is 2.96. The fraction of sp³-hybridized carbons (Fsp3) is 0.167. The smallest absolute Gasteiger partial charge is 0.228 e. The van der Waals surface area contributed by atoms with Gasteiger partial charge in [0.25, 0.3) is 0 Å². The minimum Gasteiger partial charge on any atom is -0.492 e. The predicted octanol–water partition coefficient (Wildman–Crippen LogP) is 3.75. The van der Waals surface area contributed by atoms with Crippen molar-refractivity contribution in [2.75, 3.05) is 11.9 Å². The maximum absolute atomic E-state index is 12.3. The maximum atomic E-state index is 12.3. The Bertz CT molecular complexity index is 792. The molecule has 0 bridgehead atoms. The van der Waals surface area contributed by atoms with Crippen LogP contribution in [0.2, 0.25) is 0 Å². The molecule has 1 aromatic heterocycles. The van der Waals surface area contributed by atoms with Crippen molar-refractivity contribution in [3.63, 3.8) is 0 Å². The zero-order valence-electron chi connectivity index (χ0n) is 12.4. The molecular weight excluding hydrogens is 276 g/mol. The number of H-pyrrole nitrogens is 1. The molecule has 3 aromatic rings. The van der Waals surface area contributed by atoms with E-state index in [9.17, 15) is 4.79 Å². The highest BCUT2D eigenvalue weighted by Crippen LogP contribution is 2.24. The number of hydrogen-bond acceptors (Lipinski definition) is 2. The molecule has 112 valence electrons. The number of carbonyl (C=O) groups is 1. The van der Waals surface area contributed by atoms with E-state index in [2.05, 4.69) is 10.3 Å². The number of nitrogens with one attached hydrogen (secondary N) is 2. The van der Waals surface area contributed by atoms with Gasteiger partial charge in [0.1, 0.15) is 5.75 Å². The van der Waals surface area contributed by atoms with Gasteiger partial charge in [-0.25, -0.2) is 0 Å². The van der Waals surface area contributed by atoms with Crippen molar-refractivity contribution >= 4 is 22.5 Å². The summed E-state index contributed by atoms with van der Waals surface area (Å²) in [6.07, 6.45) is 2.21. The molecule has 0 fully saturated rings. The van der Waals surface area contributed by atoms with Gasteiger partial charge >= 0.3 is 0 Å². The molecule has 22 heavy (non-hydrogen) atoms. The Morgan fingerprint density at radius 3 is 2.77 bits per heavy atom. The standard InChI is InChI=1S/C18H18N2O2/c1-2-22-17-10-6-5-9-16(17)20-18(21)11-13-12-19-15-8-4-3-7-14(13)15/h3-10,12,19H,2,11H2,1H3,(H,20,21). The molecule has 0 aliphatic heterocycles. The molecule has 0 radical (unpaired) electrons. The van der Waals surface area contributed by atoms with Gasteiger partial charge in [0.15, 0.2) is 0 Å². The second-order valence-electron chi connectivity index (χ2n) is 5.01. The Morgan fingerprint density at radius 2 is 1.91 bits per heavy atom. The third-order valence-electron chi connectivity index (χ3n) is 3.49. The number of anilines is 1. The summed E-state index contributed by atoms with van der Waals surface area (Å²) in [5, 5.41) is 4.00. The van der Waals surface area contributed by atoms with Crippen LogP contribution in [0, 0.1) is 0 Å². The molecule has 0 saturated carbocycles. The number of para-hydroxylation sites is 3.